The second-order valence-corrected chi connectivity index (χ2v) is 4.72. The Balaban J connectivity index is 1.77. The molecule has 5 heteroatoms. The first-order valence-electron chi connectivity index (χ1n) is 6.68. The van der Waals surface area contributed by atoms with Crippen molar-refractivity contribution in [3.8, 4) is 0 Å². The number of halogens is 1. The maximum absolute atomic E-state index is 13.7. The molecule has 0 saturated heterocycles. The Labute approximate surface area is 121 Å². The van der Waals surface area contributed by atoms with E-state index in [4.69, 9.17) is 0 Å². The van der Waals surface area contributed by atoms with Crippen molar-refractivity contribution >= 4 is 16.7 Å². The minimum Gasteiger partial charge on any atom is -0.352 e. The molecule has 0 aliphatic heterocycles. The van der Waals surface area contributed by atoms with Gasteiger partial charge >= 0.3 is 0 Å². The fraction of sp³-hybridized carbons (Fsp3) is 0.125. The minimum absolute atomic E-state index is 0.203. The highest BCUT2D eigenvalue weighted by molar-refractivity contribution is 6.07. The Morgan fingerprint density at radius 2 is 2.00 bits per heavy atom. The standard InChI is InChI=1S/C16H14FN3O/c17-15-6-5-14(12-3-1-2-4-13(12)15)16(21)19-8-7-11-9-18-10-20-11/h1-6,9-10H,7-8H2,(H,18,20)(H,19,21). The highest BCUT2D eigenvalue weighted by Crippen LogP contribution is 2.21. The van der Waals surface area contributed by atoms with Gasteiger partial charge in [-0.15, -0.1) is 0 Å². The van der Waals surface area contributed by atoms with Gasteiger partial charge in [-0.05, 0) is 17.5 Å². The lowest BCUT2D eigenvalue weighted by atomic mass is 10.0. The lowest BCUT2D eigenvalue weighted by Crippen LogP contribution is -2.26. The fourth-order valence-electron chi connectivity index (χ4n) is 2.29. The van der Waals surface area contributed by atoms with Crippen molar-refractivity contribution < 1.29 is 9.18 Å². The second-order valence-electron chi connectivity index (χ2n) is 4.72. The molecule has 0 atom stereocenters. The highest BCUT2D eigenvalue weighted by Gasteiger charge is 2.11. The van der Waals surface area contributed by atoms with Crippen molar-refractivity contribution in [1.82, 2.24) is 15.3 Å². The Bertz CT molecular complexity index is 768. The average molecular weight is 283 g/mol. The Morgan fingerprint density at radius 1 is 1.19 bits per heavy atom. The van der Waals surface area contributed by atoms with Gasteiger partial charge in [-0.25, -0.2) is 9.37 Å². The van der Waals surface area contributed by atoms with Crippen molar-refractivity contribution in [3.05, 3.63) is 66.0 Å². The predicted molar refractivity (Wildman–Crippen MR) is 78.5 cm³/mol. The molecule has 0 aliphatic carbocycles. The zero-order valence-electron chi connectivity index (χ0n) is 11.3. The van der Waals surface area contributed by atoms with E-state index in [1.165, 1.54) is 12.1 Å². The molecule has 2 aromatic carbocycles. The molecule has 21 heavy (non-hydrogen) atoms. The number of hydrogen-bond donors (Lipinski definition) is 2. The molecular weight excluding hydrogens is 269 g/mol. The van der Waals surface area contributed by atoms with E-state index in [1.807, 2.05) is 0 Å². The normalized spacial score (nSPS) is 10.7. The number of imidazole rings is 1. The molecule has 1 heterocycles. The van der Waals surface area contributed by atoms with Crippen molar-refractivity contribution in [1.29, 1.82) is 0 Å². The van der Waals surface area contributed by atoms with Crippen LogP contribution in [0.2, 0.25) is 0 Å². The topological polar surface area (TPSA) is 57.8 Å². The van der Waals surface area contributed by atoms with Crippen LogP contribution in [0.1, 0.15) is 16.1 Å². The summed E-state index contributed by atoms with van der Waals surface area (Å²) in [7, 11) is 0. The van der Waals surface area contributed by atoms with Crippen LogP contribution in [0, 0.1) is 5.82 Å². The number of amides is 1. The van der Waals surface area contributed by atoms with Gasteiger partial charge in [0.05, 0.1) is 6.33 Å². The number of carbonyl (C=O) groups is 1. The predicted octanol–water partition coefficient (Wildman–Crippen LogP) is 2.67. The third-order valence-corrected chi connectivity index (χ3v) is 3.35. The number of carbonyl (C=O) groups excluding carboxylic acids is 1. The van der Waals surface area contributed by atoms with E-state index in [9.17, 15) is 9.18 Å². The molecule has 0 bridgehead atoms. The quantitative estimate of drug-likeness (QED) is 0.773. The summed E-state index contributed by atoms with van der Waals surface area (Å²) in [5, 5.41) is 3.92. The number of aromatic amines is 1. The van der Waals surface area contributed by atoms with E-state index in [1.54, 1.807) is 36.8 Å². The number of hydrogen-bond acceptors (Lipinski definition) is 2. The van der Waals surface area contributed by atoms with Gasteiger partial charge < -0.3 is 10.3 Å². The number of aromatic nitrogens is 2. The highest BCUT2D eigenvalue weighted by atomic mass is 19.1. The monoisotopic (exact) mass is 283 g/mol. The average Bonchev–Trinajstić information content (AvgIpc) is 3.01. The number of H-pyrrole nitrogens is 1. The summed E-state index contributed by atoms with van der Waals surface area (Å²) >= 11 is 0. The molecular formula is C16H14FN3O. The van der Waals surface area contributed by atoms with E-state index >= 15 is 0 Å². The second kappa shape index (κ2) is 5.75. The summed E-state index contributed by atoms with van der Waals surface area (Å²) in [5.41, 5.74) is 1.44. The molecule has 0 radical (unpaired) electrons. The van der Waals surface area contributed by atoms with Gasteiger partial charge in [0.25, 0.3) is 5.91 Å². The molecule has 3 aromatic rings. The van der Waals surface area contributed by atoms with Gasteiger partial charge in [0.15, 0.2) is 0 Å². The third kappa shape index (κ3) is 2.76. The SMILES string of the molecule is O=C(NCCc1cnc[nH]1)c1ccc(F)c2ccccc12. The van der Waals surface area contributed by atoms with E-state index in [-0.39, 0.29) is 11.7 Å². The molecule has 0 fully saturated rings. The number of nitrogens with one attached hydrogen (secondary N) is 2. The smallest absolute Gasteiger partial charge is 0.251 e. The van der Waals surface area contributed by atoms with E-state index < -0.39 is 0 Å². The summed E-state index contributed by atoms with van der Waals surface area (Å²) in [6, 6.07) is 9.82. The Kier molecular flexibility index (Phi) is 3.64. The third-order valence-electron chi connectivity index (χ3n) is 3.35. The van der Waals surface area contributed by atoms with Crippen molar-refractivity contribution in [3.63, 3.8) is 0 Å². The zero-order chi connectivity index (χ0) is 14.7. The van der Waals surface area contributed by atoms with Gasteiger partial charge in [0.1, 0.15) is 5.82 Å². The summed E-state index contributed by atoms with van der Waals surface area (Å²) in [6.45, 7) is 0.493. The fourth-order valence-corrected chi connectivity index (χ4v) is 2.29. The molecule has 1 amide bonds. The van der Waals surface area contributed by atoms with E-state index in [0.29, 0.717) is 29.3 Å². The summed E-state index contributed by atoms with van der Waals surface area (Å²) < 4.78 is 13.7. The summed E-state index contributed by atoms with van der Waals surface area (Å²) in [6.07, 6.45) is 3.99. The van der Waals surface area contributed by atoms with Crippen LogP contribution in [0.15, 0.2) is 48.9 Å². The first-order valence-corrected chi connectivity index (χ1v) is 6.68. The molecule has 0 aliphatic rings. The van der Waals surface area contributed by atoms with Crippen molar-refractivity contribution in [2.75, 3.05) is 6.54 Å². The number of fused-ring (bicyclic) bond motifs is 1. The molecule has 0 unspecified atom stereocenters. The lowest BCUT2D eigenvalue weighted by molar-refractivity contribution is 0.0955. The molecule has 2 N–H and O–H groups in total. The lowest BCUT2D eigenvalue weighted by Gasteiger charge is -2.08. The van der Waals surface area contributed by atoms with Crippen LogP contribution in [0.5, 0.6) is 0 Å². The summed E-state index contributed by atoms with van der Waals surface area (Å²) in [5.74, 6) is -0.523. The van der Waals surface area contributed by atoms with Gasteiger partial charge in [-0.2, -0.15) is 0 Å². The Morgan fingerprint density at radius 3 is 2.76 bits per heavy atom. The largest absolute Gasteiger partial charge is 0.352 e. The number of benzene rings is 2. The Hall–Kier alpha value is -2.69. The van der Waals surface area contributed by atoms with Crippen LogP contribution in [-0.2, 0) is 6.42 Å². The summed E-state index contributed by atoms with van der Waals surface area (Å²) in [4.78, 5) is 19.1. The van der Waals surface area contributed by atoms with Gasteiger partial charge in [0.2, 0.25) is 0 Å². The molecule has 4 nitrogen and oxygen atoms in total. The van der Waals surface area contributed by atoms with Gasteiger partial charge in [0, 0.05) is 35.8 Å². The molecule has 3 rings (SSSR count). The maximum atomic E-state index is 13.7. The van der Waals surface area contributed by atoms with Crippen LogP contribution in [0.25, 0.3) is 10.8 Å². The van der Waals surface area contributed by atoms with E-state index in [0.717, 1.165) is 5.69 Å². The van der Waals surface area contributed by atoms with Crippen LogP contribution in [0.4, 0.5) is 4.39 Å². The van der Waals surface area contributed by atoms with Gasteiger partial charge in [-0.1, -0.05) is 24.3 Å². The van der Waals surface area contributed by atoms with Crippen molar-refractivity contribution in [2.24, 2.45) is 0 Å². The first kappa shape index (κ1) is 13.3. The zero-order valence-corrected chi connectivity index (χ0v) is 11.3. The van der Waals surface area contributed by atoms with Crippen LogP contribution in [-0.4, -0.2) is 22.4 Å². The molecule has 106 valence electrons. The van der Waals surface area contributed by atoms with Crippen molar-refractivity contribution in [2.45, 2.75) is 6.42 Å². The van der Waals surface area contributed by atoms with Gasteiger partial charge in [-0.3, -0.25) is 4.79 Å². The first-order chi connectivity index (χ1) is 10.3. The molecule has 1 aromatic heterocycles. The maximum Gasteiger partial charge on any atom is 0.251 e. The van der Waals surface area contributed by atoms with Crippen LogP contribution >= 0.6 is 0 Å². The molecule has 0 spiro atoms. The number of nitrogens with zero attached hydrogens (tertiary/aromatic N) is 1. The minimum atomic E-state index is -0.320. The van der Waals surface area contributed by atoms with Crippen LogP contribution in [0.3, 0.4) is 0 Å². The van der Waals surface area contributed by atoms with Crippen LogP contribution < -0.4 is 5.32 Å². The van der Waals surface area contributed by atoms with E-state index in [2.05, 4.69) is 15.3 Å². The molecule has 0 saturated carbocycles. The number of rotatable bonds is 4.